The van der Waals surface area contributed by atoms with E-state index >= 15 is 0 Å². The Morgan fingerprint density at radius 1 is 1.16 bits per heavy atom. The van der Waals surface area contributed by atoms with Gasteiger partial charge < -0.3 is 14.6 Å². The second-order valence-electron chi connectivity index (χ2n) is 8.25. The number of aryl methyl sites for hydroxylation is 1. The zero-order valence-electron chi connectivity index (χ0n) is 20.5. The Hall–Kier alpha value is -4.24. The minimum atomic E-state index is -0.945. The van der Waals surface area contributed by atoms with Crippen LogP contribution in [0.15, 0.2) is 72.8 Å². The van der Waals surface area contributed by atoms with Crippen LogP contribution in [0.25, 0.3) is 5.76 Å². The van der Waals surface area contributed by atoms with Gasteiger partial charge in [0.05, 0.1) is 23.9 Å². The van der Waals surface area contributed by atoms with Crippen LogP contribution in [-0.4, -0.2) is 41.0 Å². The molecule has 1 aliphatic heterocycles. The zero-order valence-corrected chi connectivity index (χ0v) is 21.3. The molecule has 190 valence electrons. The minimum absolute atomic E-state index is 0.0301. The van der Waals surface area contributed by atoms with Crippen molar-refractivity contribution in [2.45, 2.75) is 26.3 Å². The number of benzene rings is 2. The molecule has 1 aromatic heterocycles. The summed E-state index contributed by atoms with van der Waals surface area (Å²) in [5.74, 6) is -1.97. The molecule has 4 rings (SSSR count). The molecule has 9 heteroatoms. The van der Waals surface area contributed by atoms with E-state index in [0.717, 1.165) is 17.8 Å². The van der Waals surface area contributed by atoms with Crippen LogP contribution in [0.4, 0.5) is 5.13 Å². The van der Waals surface area contributed by atoms with Gasteiger partial charge in [-0.2, -0.15) is 0 Å². The standard InChI is InChI=1S/C28H26N2O6S/c1-4-15-35-20-13-11-19(12-14-20)23(31)21-22(18-9-7-6-8-10-18)30(26(33)24(21)32)28-29-17(3)25(37-28)27(34)36-16-5-2/h5-14,22,31H,2,4,15-16H2,1,3H3/b23-21+. The number of esters is 1. The number of anilines is 1. The Bertz CT molecular complexity index is 1360. The van der Waals surface area contributed by atoms with E-state index in [0.29, 0.717) is 29.2 Å². The first-order valence-electron chi connectivity index (χ1n) is 11.7. The fraction of sp³-hybridized carbons (Fsp3) is 0.214. The number of nitrogens with zero attached hydrogens (tertiary/aromatic N) is 2. The normalized spacial score (nSPS) is 16.6. The number of carbonyl (C=O) groups is 3. The number of carbonyl (C=O) groups excluding carboxylic acids is 3. The quantitative estimate of drug-likeness (QED) is 0.136. The largest absolute Gasteiger partial charge is 0.507 e. The van der Waals surface area contributed by atoms with Crippen LogP contribution in [0.2, 0.25) is 0 Å². The number of ketones is 1. The summed E-state index contributed by atoms with van der Waals surface area (Å²) in [6, 6.07) is 14.6. The first kappa shape index (κ1) is 25.8. The first-order chi connectivity index (χ1) is 17.9. The van der Waals surface area contributed by atoms with Crippen molar-refractivity contribution in [3.63, 3.8) is 0 Å². The van der Waals surface area contributed by atoms with Crippen LogP contribution in [0, 0.1) is 6.92 Å². The molecule has 1 saturated heterocycles. The van der Waals surface area contributed by atoms with Gasteiger partial charge >= 0.3 is 11.9 Å². The number of thiazole rings is 1. The summed E-state index contributed by atoms with van der Waals surface area (Å²) in [5.41, 5.74) is 1.27. The molecule has 1 N–H and O–H groups in total. The predicted molar refractivity (Wildman–Crippen MR) is 141 cm³/mol. The molecule has 0 bridgehead atoms. The van der Waals surface area contributed by atoms with E-state index in [9.17, 15) is 19.5 Å². The molecule has 1 unspecified atom stereocenters. The van der Waals surface area contributed by atoms with Crippen molar-refractivity contribution in [3.05, 3.63) is 94.5 Å². The maximum absolute atomic E-state index is 13.3. The lowest BCUT2D eigenvalue weighted by Gasteiger charge is -2.23. The van der Waals surface area contributed by atoms with Crippen molar-refractivity contribution in [2.75, 3.05) is 18.1 Å². The predicted octanol–water partition coefficient (Wildman–Crippen LogP) is 5.21. The number of hydrogen-bond acceptors (Lipinski definition) is 8. The molecule has 1 atom stereocenters. The van der Waals surface area contributed by atoms with Crippen LogP contribution in [-0.2, 0) is 14.3 Å². The molecular formula is C28H26N2O6S. The van der Waals surface area contributed by atoms with E-state index in [-0.39, 0.29) is 27.9 Å². The van der Waals surface area contributed by atoms with Gasteiger partial charge in [0.2, 0.25) is 0 Å². The van der Waals surface area contributed by atoms with Gasteiger partial charge in [0.15, 0.2) is 5.13 Å². The second-order valence-corrected chi connectivity index (χ2v) is 9.23. The maximum Gasteiger partial charge on any atom is 0.350 e. The van der Waals surface area contributed by atoms with Gasteiger partial charge in [0, 0.05) is 5.56 Å². The van der Waals surface area contributed by atoms with Crippen LogP contribution in [0.5, 0.6) is 5.75 Å². The number of aliphatic hydroxyl groups excluding tert-OH is 1. The lowest BCUT2D eigenvalue weighted by Crippen LogP contribution is -2.29. The summed E-state index contributed by atoms with van der Waals surface area (Å²) in [7, 11) is 0. The molecule has 0 spiro atoms. The van der Waals surface area contributed by atoms with Gasteiger partial charge in [-0.15, -0.1) is 0 Å². The van der Waals surface area contributed by atoms with Crippen LogP contribution >= 0.6 is 11.3 Å². The number of ether oxygens (including phenoxy) is 2. The third-order valence-corrected chi connectivity index (χ3v) is 6.81. The van der Waals surface area contributed by atoms with Crippen molar-refractivity contribution in [1.82, 2.24) is 4.98 Å². The van der Waals surface area contributed by atoms with Crippen molar-refractivity contribution < 1.29 is 29.0 Å². The van der Waals surface area contributed by atoms with Gasteiger partial charge in [-0.25, -0.2) is 9.78 Å². The Kier molecular flexibility index (Phi) is 7.83. The summed E-state index contributed by atoms with van der Waals surface area (Å²) in [4.78, 5) is 44.9. The Labute approximate surface area is 218 Å². The highest BCUT2D eigenvalue weighted by Gasteiger charge is 2.48. The lowest BCUT2D eigenvalue weighted by molar-refractivity contribution is -0.132. The van der Waals surface area contributed by atoms with E-state index in [4.69, 9.17) is 9.47 Å². The Balaban J connectivity index is 1.80. The average molecular weight is 519 g/mol. The SMILES string of the molecule is C=CCOC(=O)c1sc(N2C(=O)C(=O)/C(=C(/O)c3ccc(OCCC)cc3)C2c2ccccc2)nc1C. The highest BCUT2D eigenvalue weighted by Crippen LogP contribution is 2.44. The van der Waals surface area contributed by atoms with E-state index in [1.165, 1.54) is 11.0 Å². The van der Waals surface area contributed by atoms with Crippen molar-refractivity contribution in [3.8, 4) is 5.75 Å². The van der Waals surface area contributed by atoms with E-state index in [1.807, 2.05) is 13.0 Å². The highest BCUT2D eigenvalue weighted by atomic mass is 32.1. The summed E-state index contributed by atoms with van der Waals surface area (Å²) in [6.07, 6.45) is 2.30. The van der Waals surface area contributed by atoms with Crippen molar-refractivity contribution in [2.24, 2.45) is 0 Å². The third kappa shape index (κ3) is 5.17. The fourth-order valence-electron chi connectivity index (χ4n) is 3.94. The number of Topliss-reactive ketones (excluding diaryl/α,β-unsaturated/α-hetero) is 1. The Morgan fingerprint density at radius 2 is 1.86 bits per heavy atom. The van der Waals surface area contributed by atoms with Crippen LogP contribution in [0.3, 0.4) is 0 Å². The summed E-state index contributed by atoms with van der Waals surface area (Å²) in [5, 5.41) is 11.4. The van der Waals surface area contributed by atoms with Gasteiger partial charge in [0.25, 0.3) is 5.78 Å². The molecular weight excluding hydrogens is 492 g/mol. The van der Waals surface area contributed by atoms with Crippen LogP contribution < -0.4 is 9.64 Å². The highest BCUT2D eigenvalue weighted by molar-refractivity contribution is 7.17. The molecule has 0 radical (unpaired) electrons. The summed E-state index contributed by atoms with van der Waals surface area (Å²) < 4.78 is 10.7. The number of aromatic nitrogens is 1. The number of rotatable bonds is 9. The van der Waals surface area contributed by atoms with Gasteiger partial charge in [-0.05, 0) is 43.2 Å². The van der Waals surface area contributed by atoms with E-state index < -0.39 is 23.7 Å². The lowest BCUT2D eigenvalue weighted by atomic mass is 9.95. The van der Waals surface area contributed by atoms with Gasteiger partial charge in [-0.1, -0.05) is 61.2 Å². The molecule has 1 amide bonds. The molecule has 1 aliphatic rings. The zero-order chi connectivity index (χ0) is 26.5. The van der Waals surface area contributed by atoms with E-state index in [1.54, 1.807) is 55.5 Å². The van der Waals surface area contributed by atoms with Crippen LogP contribution in [0.1, 0.15) is 45.9 Å². The second kappa shape index (κ2) is 11.2. The minimum Gasteiger partial charge on any atom is -0.507 e. The number of hydrogen-bond donors (Lipinski definition) is 1. The monoisotopic (exact) mass is 518 g/mol. The molecule has 2 heterocycles. The smallest absolute Gasteiger partial charge is 0.350 e. The molecule has 0 saturated carbocycles. The topological polar surface area (TPSA) is 106 Å². The molecule has 1 fully saturated rings. The molecule has 8 nitrogen and oxygen atoms in total. The van der Waals surface area contributed by atoms with Crippen molar-refractivity contribution in [1.29, 1.82) is 0 Å². The average Bonchev–Trinajstić information content (AvgIpc) is 3.43. The third-order valence-electron chi connectivity index (χ3n) is 5.67. The van der Waals surface area contributed by atoms with Gasteiger partial charge in [-0.3, -0.25) is 14.5 Å². The summed E-state index contributed by atoms with van der Waals surface area (Å²) >= 11 is 0.951. The molecule has 37 heavy (non-hydrogen) atoms. The molecule has 3 aromatic rings. The molecule has 2 aromatic carbocycles. The molecule has 0 aliphatic carbocycles. The number of aliphatic hydroxyl groups is 1. The van der Waals surface area contributed by atoms with Crippen molar-refractivity contribution >= 4 is 39.9 Å². The Morgan fingerprint density at radius 3 is 2.51 bits per heavy atom. The summed E-state index contributed by atoms with van der Waals surface area (Å²) in [6.45, 7) is 7.74. The fourth-order valence-corrected chi connectivity index (χ4v) is 4.93. The first-order valence-corrected chi connectivity index (χ1v) is 12.5. The maximum atomic E-state index is 13.3. The number of amides is 1. The van der Waals surface area contributed by atoms with E-state index in [2.05, 4.69) is 11.6 Å². The van der Waals surface area contributed by atoms with Gasteiger partial charge in [0.1, 0.15) is 23.0 Å².